The Hall–Kier alpha value is -1.80. The van der Waals surface area contributed by atoms with Gasteiger partial charge in [0.15, 0.2) is 0 Å². The fraction of sp³-hybridized carbons (Fsp3) is 0.273. The predicted octanol–water partition coefficient (Wildman–Crippen LogP) is 1.39. The minimum atomic E-state index is -4.19. The molecule has 0 saturated carbocycles. The molecule has 2 amide bonds. The lowest BCUT2D eigenvalue weighted by atomic mass is 10.3. The van der Waals surface area contributed by atoms with Gasteiger partial charge in [-0.2, -0.15) is 8.42 Å². The van der Waals surface area contributed by atoms with Crippen LogP contribution >= 0.6 is 10.7 Å². The highest BCUT2D eigenvalue weighted by molar-refractivity contribution is 8.12. The molecule has 0 atom stereocenters. The Labute approximate surface area is 120 Å². The first-order chi connectivity index (χ1) is 9.35. The minimum absolute atomic E-state index is 0.00469. The molecule has 0 aromatic heterocycles. The van der Waals surface area contributed by atoms with Crippen molar-refractivity contribution in [2.24, 2.45) is 0 Å². The third kappa shape index (κ3) is 3.84. The van der Waals surface area contributed by atoms with Crippen LogP contribution in [0.4, 0.5) is 10.5 Å². The van der Waals surface area contributed by atoms with Crippen molar-refractivity contribution in [2.45, 2.75) is 12.8 Å². The van der Waals surface area contributed by atoms with Crippen LogP contribution in [0.5, 0.6) is 5.75 Å². The number of carbonyl (C=O) groups is 2. The fourth-order valence-corrected chi connectivity index (χ4v) is 2.29. The van der Waals surface area contributed by atoms with Gasteiger partial charge in [-0.25, -0.2) is 9.52 Å². The quantitative estimate of drug-likeness (QED) is 0.850. The molecule has 7 nitrogen and oxygen atoms in total. The molecule has 1 fully saturated rings. The summed E-state index contributed by atoms with van der Waals surface area (Å²) in [6.07, 6.45) is 0.0372. The fourth-order valence-electron chi connectivity index (χ4n) is 1.86. The Morgan fingerprint density at radius 1 is 1.40 bits per heavy atom. The lowest BCUT2D eigenvalue weighted by Gasteiger charge is -2.16. The summed E-state index contributed by atoms with van der Waals surface area (Å²) in [6.45, 7) is 0.602. The summed E-state index contributed by atoms with van der Waals surface area (Å²) in [5, 5.41) is 0. The highest BCUT2D eigenvalue weighted by Gasteiger charge is 2.22. The van der Waals surface area contributed by atoms with E-state index in [1.54, 1.807) is 17.0 Å². The van der Waals surface area contributed by atoms with E-state index in [2.05, 4.69) is 0 Å². The zero-order valence-corrected chi connectivity index (χ0v) is 11.8. The van der Waals surface area contributed by atoms with Crippen molar-refractivity contribution < 1.29 is 22.7 Å². The number of amides is 2. The smallest absolute Gasteiger partial charge is 0.410 e. The average molecular weight is 319 g/mol. The van der Waals surface area contributed by atoms with E-state index in [0.717, 1.165) is 6.42 Å². The lowest BCUT2D eigenvalue weighted by Crippen LogP contribution is -2.29. The van der Waals surface area contributed by atoms with Crippen LogP contribution in [0.2, 0.25) is 0 Å². The maximum Gasteiger partial charge on any atom is 0.427 e. The highest BCUT2D eigenvalue weighted by Crippen LogP contribution is 2.25. The second-order valence-electron chi connectivity index (χ2n) is 4.08. The molecular weight excluding hydrogens is 308 g/mol. The van der Waals surface area contributed by atoms with E-state index in [1.165, 1.54) is 16.9 Å². The van der Waals surface area contributed by atoms with Gasteiger partial charge < -0.3 is 9.64 Å². The topological polar surface area (TPSA) is 92.8 Å². The molecule has 0 radical (unpaired) electrons. The van der Waals surface area contributed by atoms with Crippen LogP contribution in [0.3, 0.4) is 0 Å². The number of rotatable bonds is 3. The van der Waals surface area contributed by atoms with E-state index in [9.17, 15) is 18.0 Å². The molecule has 1 aromatic rings. The van der Waals surface area contributed by atoms with Gasteiger partial charge in [0.1, 0.15) is 5.75 Å². The molecule has 0 aliphatic carbocycles. The highest BCUT2D eigenvalue weighted by atomic mass is 35.7. The first kappa shape index (κ1) is 14.6. The van der Waals surface area contributed by atoms with Crippen LogP contribution in [0.15, 0.2) is 24.3 Å². The predicted molar refractivity (Wildman–Crippen MR) is 72.0 cm³/mol. The van der Waals surface area contributed by atoms with Crippen LogP contribution in [0.1, 0.15) is 12.8 Å². The second kappa shape index (κ2) is 5.68. The van der Waals surface area contributed by atoms with Crippen molar-refractivity contribution in [3.63, 3.8) is 0 Å². The molecule has 0 unspecified atom stereocenters. The van der Waals surface area contributed by atoms with E-state index >= 15 is 0 Å². The summed E-state index contributed by atoms with van der Waals surface area (Å²) in [5.74, 6) is 0.106. The molecule has 1 aliphatic heterocycles. The molecule has 20 heavy (non-hydrogen) atoms. The van der Waals surface area contributed by atoms with Crippen LogP contribution in [-0.2, 0) is 14.0 Å². The molecule has 1 heterocycles. The average Bonchev–Trinajstić information content (AvgIpc) is 2.73. The van der Waals surface area contributed by atoms with Crippen LogP contribution in [0, 0.1) is 0 Å². The SMILES string of the molecule is O=C(NS(=O)(=O)Cl)Oc1cccc(N2CCCC2=O)c1. The number of nitrogens with one attached hydrogen (secondary N) is 1. The first-order valence-corrected chi connectivity index (χ1v) is 8.01. The van der Waals surface area contributed by atoms with E-state index in [1.807, 2.05) is 0 Å². The molecule has 0 spiro atoms. The molecule has 0 bridgehead atoms. The molecule has 1 saturated heterocycles. The third-order valence-electron chi connectivity index (χ3n) is 2.62. The van der Waals surface area contributed by atoms with Crippen LogP contribution in [-0.4, -0.2) is 27.0 Å². The van der Waals surface area contributed by atoms with Gasteiger partial charge in [0, 0.05) is 35.4 Å². The number of hydrogen-bond acceptors (Lipinski definition) is 5. The zero-order chi connectivity index (χ0) is 14.8. The molecule has 1 aliphatic rings. The summed E-state index contributed by atoms with van der Waals surface area (Å²) in [7, 11) is 0.661. The monoisotopic (exact) mass is 318 g/mol. The Balaban J connectivity index is 2.10. The van der Waals surface area contributed by atoms with Gasteiger partial charge in [-0.05, 0) is 18.6 Å². The number of halogens is 1. The Kier molecular flexibility index (Phi) is 4.15. The molecule has 9 heteroatoms. The number of ether oxygens (including phenoxy) is 1. The van der Waals surface area contributed by atoms with Crippen molar-refractivity contribution in [3.05, 3.63) is 24.3 Å². The van der Waals surface area contributed by atoms with Crippen molar-refractivity contribution >= 4 is 37.6 Å². The Morgan fingerprint density at radius 2 is 2.15 bits per heavy atom. The number of benzene rings is 1. The second-order valence-corrected chi connectivity index (χ2v) is 6.37. The number of anilines is 1. The number of nitrogens with zero attached hydrogens (tertiary/aromatic N) is 1. The van der Waals surface area contributed by atoms with Crippen LogP contribution in [0.25, 0.3) is 0 Å². The maximum absolute atomic E-state index is 11.6. The van der Waals surface area contributed by atoms with E-state index in [0.29, 0.717) is 18.7 Å². The van der Waals surface area contributed by atoms with Gasteiger partial charge in [-0.15, -0.1) is 0 Å². The lowest BCUT2D eigenvalue weighted by molar-refractivity contribution is -0.117. The van der Waals surface area contributed by atoms with Gasteiger partial charge in [0.05, 0.1) is 0 Å². The normalized spacial score (nSPS) is 15.2. The molecular formula is C11H11ClN2O5S. The summed E-state index contributed by atoms with van der Waals surface area (Å²) in [5.41, 5.74) is 0.589. The van der Waals surface area contributed by atoms with Crippen molar-refractivity contribution in [1.29, 1.82) is 0 Å². The molecule has 1 aromatic carbocycles. The minimum Gasteiger partial charge on any atom is -0.410 e. The summed E-state index contributed by atoms with van der Waals surface area (Å²) >= 11 is 0. The zero-order valence-electron chi connectivity index (χ0n) is 10.2. The Bertz CT molecular complexity index is 646. The van der Waals surface area contributed by atoms with Crippen LogP contribution < -0.4 is 14.4 Å². The molecule has 2 rings (SSSR count). The Morgan fingerprint density at radius 3 is 2.75 bits per heavy atom. The summed E-state index contributed by atoms with van der Waals surface area (Å²) in [4.78, 5) is 24.4. The van der Waals surface area contributed by atoms with E-state index in [4.69, 9.17) is 15.4 Å². The van der Waals surface area contributed by atoms with Gasteiger partial charge in [0.2, 0.25) is 5.91 Å². The standard InChI is InChI=1S/C11H11ClN2O5S/c12-20(17,18)13-11(16)19-9-4-1-3-8(7-9)14-6-2-5-10(14)15/h1,3-4,7H,2,5-6H2,(H,13,16). The van der Waals surface area contributed by atoms with Gasteiger partial charge in [-0.3, -0.25) is 4.79 Å². The number of carbonyl (C=O) groups excluding carboxylic acids is 2. The van der Waals surface area contributed by atoms with E-state index in [-0.39, 0.29) is 11.7 Å². The van der Waals surface area contributed by atoms with Crippen molar-refractivity contribution in [3.8, 4) is 5.75 Å². The molecule has 1 N–H and O–H groups in total. The van der Waals surface area contributed by atoms with Gasteiger partial charge >= 0.3 is 15.3 Å². The van der Waals surface area contributed by atoms with Crippen molar-refractivity contribution in [1.82, 2.24) is 4.72 Å². The van der Waals surface area contributed by atoms with Crippen molar-refractivity contribution in [2.75, 3.05) is 11.4 Å². The summed E-state index contributed by atoms with van der Waals surface area (Å²) in [6, 6.07) is 6.24. The van der Waals surface area contributed by atoms with E-state index < -0.39 is 15.3 Å². The van der Waals surface area contributed by atoms with Gasteiger partial charge in [0.25, 0.3) is 0 Å². The third-order valence-corrected chi connectivity index (χ3v) is 3.26. The first-order valence-electron chi connectivity index (χ1n) is 5.70. The molecule has 108 valence electrons. The largest absolute Gasteiger partial charge is 0.427 e. The number of hydrogen-bond donors (Lipinski definition) is 1. The summed E-state index contributed by atoms with van der Waals surface area (Å²) < 4.78 is 27.5. The maximum atomic E-state index is 11.6. The van der Waals surface area contributed by atoms with Gasteiger partial charge in [-0.1, -0.05) is 6.07 Å².